The molecule has 0 aliphatic heterocycles. The van der Waals surface area contributed by atoms with E-state index in [2.05, 4.69) is 32.4 Å². The average Bonchev–Trinajstić information content (AvgIpc) is 3.49. The number of nitrogens with zero attached hydrogens (tertiary/aromatic N) is 4. The first-order chi connectivity index (χ1) is 17.6. The van der Waals surface area contributed by atoms with Crippen LogP contribution in [0.3, 0.4) is 0 Å². The molecule has 0 radical (unpaired) electrons. The van der Waals surface area contributed by atoms with E-state index < -0.39 is 6.09 Å². The number of amides is 2. The minimum Gasteiger partial charge on any atom is -0.449 e. The van der Waals surface area contributed by atoms with Crippen molar-refractivity contribution in [1.29, 1.82) is 0 Å². The van der Waals surface area contributed by atoms with Crippen LogP contribution in [0.15, 0.2) is 47.9 Å². The third-order valence-corrected chi connectivity index (χ3v) is 7.28. The summed E-state index contributed by atoms with van der Waals surface area (Å²) in [5, 5.41) is 10.8. The van der Waals surface area contributed by atoms with E-state index in [1.54, 1.807) is 36.0 Å². The Bertz CT molecular complexity index is 1230. The van der Waals surface area contributed by atoms with E-state index in [0.29, 0.717) is 19.7 Å². The highest BCUT2D eigenvalue weighted by molar-refractivity contribution is 7.16. The largest absolute Gasteiger partial charge is 0.449 e. The Hall–Kier alpha value is -3.79. The highest BCUT2D eigenvalue weighted by Gasteiger charge is 2.27. The normalized spacial score (nSPS) is 14.9. The Labute approximate surface area is 214 Å². The zero-order chi connectivity index (χ0) is 25.3. The SMILES string of the molecule is C=NCc1c(NC(=O)/C=C/c2cccnc2)sc2c1CCC(COC(=O)NCc1ccnn1CC)C2. The van der Waals surface area contributed by atoms with Crippen molar-refractivity contribution in [2.75, 3.05) is 11.9 Å². The summed E-state index contributed by atoms with van der Waals surface area (Å²) in [5.74, 6) is 0.0189. The molecule has 1 aliphatic rings. The highest BCUT2D eigenvalue weighted by Crippen LogP contribution is 2.40. The number of hydrogen-bond donors (Lipinski definition) is 2. The van der Waals surface area contributed by atoms with Crippen LogP contribution in [-0.2, 0) is 42.0 Å². The molecule has 2 amide bonds. The number of ether oxygens (including phenoxy) is 1. The maximum absolute atomic E-state index is 12.6. The average molecular weight is 507 g/mol. The quantitative estimate of drug-likeness (QED) is 0.316. The third-order valence-electron chi connectivity index (χ3n) is 6.06. The van der Waals surface area contributed by atoms with E-state index in [-0.39, 0.29) is 11.8 Å². The molecule has 3 aromatic rings. The fourth-order valence-electron chi connectivity index (χ4n) is 4.24. The van der Waals surface area contributed by atoms with Crippen molar-refractivity contribution in [3.63, 3.8) is 0 Å². The van der Waals surface area contributed by atoms with E-state index in [1.165, 1.54) is 16.5 Å². The molecule has 0 saturated heterocycles. The van der Waals surface area contributed by atoms with Gasteiger partial charge < -0.3 is 15.4 Å². The first-order valence-electron chi connectivity index (χ1n) is 11.9. The molecule has 3 heterocycles. The van der Waals surface area contributed by atoms with Gasteiger partial charge in [-0.2, -0.15) is 5.10 Å². The predicted octanol–water partition coefficient (Wildman–Crippen LogP) is 4.24. The summed E-state index contributed by atoms with van der Waals surface area (Å²) in [4.78, 5) is 34.1. The zero-order valence-electron chi connectivity index (χ0n) is 20.3. The predicted molar refractivity (Wildman–Crippen MR) is 141 cm³/mol. The van der Waals surface area contributed by atoms with Crippen LogP contribution in [-0.4, -0.2) is 40.1 Å². The van der Waals surface area contributed by atoms with Gasteiger partial charge in [0.05, 0.1) is 25.4 Å². The van der Waals surface area contributed by atoms with E-state index in [4.69, 9.17) is 4.74 Å². The molecule has 1 aliphatic carbocycles. The summed E-state index contributed by atoms with van der Waals surface area (Å²) in [5.41, 5.74) is 4.04. The van der Waals surface area contributed by atoms with Crippen LogP contribution in [0.4, 0.5) is 9.80 Å². The number of rotatable bonds is 10. The van der Waals surface area contributed by atoms with Crippen LogP contribution in [0.2, 0.25) is 0 Å². The molecule has 0 saturated carbocycles. The number of aryl methyl sites for hydroxylation is 1. The Morgan fingerprint density at radius 3 is 3.03 bits per heavy atom. The molecule has 0 fully saturated rings. The number of anilines is 1. The molecular weight excluding hydrogens is 476 g/mol. The van der Waals surface area contributed by atoms with Gasteiger partial charge in [-0.15, -0.1) is 11.3 Å². The zero-order valence-corrected chi connectivity index (χ0v) is 21.1. The van der Waals surface area contributed by atoms with Crippen molar-refractivity contribution in [3.8, 4) is 0 Å². The second-order valence-electron chi connectivity index (χ2n) is 8.50. The lowest BCUT2D eigenvalue weighted by atomic mass is 9.87. The Kier molecular flexibility index (Phi) is 8.62. The highest BCUT2D eigenvalue weighted by atomic mass is 32.1. The Balaban J connectivity index is 1.33. The fraction of sp³-hybridized carbons (Fsp3) is 0.346. The lowest BCUT2D eigenvalue weighted by molar-refractivity contribution is -0.111. The van der Waals surface area contributed by atoms with Crippen molar-refractivity contribution in [3.05, 3.63) is 70.1 Å². The van der Waals surface area contributed by atoms with Gasteiger partial charge in [0.25, 0.3) is 0 Å². The van der Waals surface area contributed by atoms with Crippen LogP contribution in [0.1, 0.15) is 40.6 Å². The van der Waals surface area contributed by atoms with Crippen molar-refractivity contribution in [2.45, 2.75) is 45.8 Å². The molecular formula is C26H30N6O3S. The summed E-state index contributed by atoms with van der Waals surface area (Å²) in [6, 6.07) is 5.59. The van der Waals surface area contributed by atoms with E-state index in [0.717, 1.165) is 47.6 Å². The standard InChI is InChI=1S/C26H30N6O3S/c1-3-32-20(10-12-30-32)15-29-26(34)35-17-19-6-8-21-22(16-27-2)25(36-23(21)13-19)31-24(33)9-7-18-5-4-11-28-14-18/h4-5,7,9-12,14,19H,2-3,6,8,13,15-17H2,1H3,(H,29,34)(H,31,33)/b9-7+. The molecule has 1 atom stereocenters. The molecule has 10 heteroatoms. The number of hydrogen-bond acceptors (Lipinski definition) is 7. The van der Waals surface area contributed by atoms with Crippen LogP contribution in [0, 0.1) is 5.92 Å². The monoisotopic (exact) mass is 506 g/mol. The first-order valence-corrected chi connectivity index (χ1v) is 12.7. The Morgan fingerprint density at radius 1 is 1.36 bits per heavy atom. The second kappa shape index (κ2) is 12.3. The third kappa shape index (κ3) is 6.45. The summed E-state index contributed by atoms with van der Waals surface area (Å²) >= 11 is 1.57. The molecule has 9 nitrogen and oxygen atoms in total. The van der Waals surface area contributed by atoms with Gasteiger partial charge in [-0.1, -0.05) is 6.07 Å². The number of fused-ring (bicyclic) bond motifs is 1. The number of alkyl carbamates (subject to hydrolysis) is 1. The summed E-state index contributed by atoms with van der Waals surface area (Å²) in [6.45, 7) is 7.57. The van der Waals surface area contributed by atoms with Crippen molar-refractivity contribution < 1.29 is 14.3 Å². The molecule has 0 bridgehead atoms. The van der Waals surface area contributed by atoms with E-state index >= 15 is 0 Å². The number of carbonyl (C=O) groups excluding carboxylic acids is 2. The van der Waals surface area contributed by atoms with E-state index in [1.807, 2.05) is 29.8 Å². The second-order valence-corrected chi connectivity index (χ2v) is 9.61. The van der Waals surface area contributed by atoms with Gasteiger partial charge in [-0.05, 0) is 68.2 Å². The Morgan fingerprint density at radius 2 is 2.25 bits per heavy atom. The van der Waals surface area contributed by atoms with Gasteiger partial charge >= 0.3 is 6.09 Å². The van der Waals surface area contributed by atoms with E-state index in [9.17, 15) is 9.59 Å². The van der Waals surface area contributed by atoms with Gasteiger partial charge in [0.15, 0.2) is 0 Å². The lowest BCUT2D eigenvalue weighted by Gasteiger charge is -2.22. The van der Waals surface area contributed by atoms with Crippen LogP contribution < -0.4 is 10.6 Å². The number of carbonyl (C=O) groups is 2. The molecule has 0 aromatic carbocycles. The molecule has 3 aromatic heterocycles. The molecule has 36 heavy (non-hydrogen) atoms. The van der Waals surface area contributed by atoms with Crippen LogP contribution in [0.25, 0.3) is 6.08 Å². The van der Waals surface area contributed by atoms with Crippen LogP contribution in [0.5, 0.6) is 0 Å². The van der Waals surface area contributed by atoms with Gasteiger partial charge in [-0.25, -0.2) is 4.79 Å². The van der Waals surface area contributed by atoms with Crippen LogP contribution >= 0.6 is 11.3 Å². The number of aromatic nitrogens is 3. The molecule has 188 valence electrons. The summed E-state index contributed by atoms with van der Waals surface area (Å²) in [6.07, 6.45) is 10.5. The fourth-order valence-corrected chi connectivity index (χ4v) is 5.62. The minimum atomic E-state index is -0.430. The molecule has 1 unspecified atom stereocenters. The van der Waals surface area contributed by atoms with Crippen molar-refractivity contribution >= 4 is 41.1 Å². The number of thiophene rings is 1. The topological polar surface area (TPSA) is 110 Å². The minimum absolute atomic E-state index is 0.205. The van der Waals surface area contributed by atoms with Crippen molar-refractivity contribution in [2.24, 2.45) is 10.9 Å². The van der Waals surface area contributed by atoms with Gasteiger partial charge in [0.1, 0.15) is 5.00 Å². The summed E-state index contributed by atoms with van der Waals surface area (Å²) in [7, 11) is 0. The maximum atomic E-state index is 12.6. The van der Waals surface area contributed by atoms with Gasteiger partial charge in [0, 0.05) is 41.7 Å². The molecule has 4 rings (SSSR count). The maximum Gasteiger partial charge on any atom is 0.407 e. The van der Waals surface area contributed by atoms with Gasteiger partial charge in [0.2, 0.25) is 5.91 Å². The molecule has 2 N–H and O–H groups in total. The number of pyridine rings is 1. The molecule has 0 spiro atoms. The number of aliphatic imine (C=N–C) groups is 1. The van der Waals surface area contributed by atoms with Crippen molar-refractivity contribution in [1.82, 2.24) is 20.1 Å². The number of nitrogens with one attached hydrogen (secondary N) is 2. The summed E-state index contributed by atoms with van der Waals surface area (Å²) < 4.78 is 7.34. The van der Waals surface area contributed by atoms with Gasteiger partial charge in [-0.3, -0.25) is 19.5 Å². The smallest absolute Gasteiger partial charge is 0.407 e. The lowest BCUT2D eigenvalue weighted by Crippen LogP contribution is -2.28. The first kappa shape index (κ1) is 25.3.